The van der Waals surface area contributed by atoms with Crippen molar-refractivity contribution >= 4 is 23.0 Å². The number of morpholine rings is 1. The van der Waals surface area contributed by atoms with Crippen molar-refractivity contribution in [1.29, 1.82) is 0 Å². The first-order chi connectivity index (χ1) is 14.5. The van der Waals surface area contributed by atoms with Crippen LogP contribution in [0.15, 0.2) is 42.5 Å². The Hall–Kier alpha value is -3.33. The maximum atomic E-state index is 13.0. The molecule has 2 heterocycles. The predicted molar refractivity (Wildman–Crippen MR) is 112 cm³/mol. The molecule has 2 aromatic rings. The zero-order valence-electron chi connectivity index (χ0n) is 16.6. The molecule has 1 N–H and O–H groups in total. The van der Waals surface area contributed by atoms with E-state index in [1.54, 1.807) is 29.2 Å². The minimum Gasteiger partial charge on any atom is -0.508 e. The number of phenolic OH excluding ortho intramolecular Hbond substituents is 1. The first-order valence-corrected chi connectivity index (χ1v) is 9.97. The van der Waals surface area contributed by atoms with Crippen LogP contribution in [0, 0.1) is 10.1 Å². The molecule has 9 nitrogen and oxygen atoms in total. The molecule has 0 atom stereocenters. The van der Waals surface area contributed by atoms with E-state index in [4.69, 9.17) is 4.74 Å². The molecule has 2 aliphatic heterocycles. The Labute approximate surface area is 174 Å². The van der Waals surface area contributed by atoms with Crippen LogP contribution < -0.4 is 9.80 Å². The van der Waals surface area contributed by atoms with Gasteiger partial charge in [-0.25, -0.2) is 0 Å². The highest BCUT2D eigenvalue weighted by Crippen LogP contribution is 2.30. The summed E-state index contributed by atoms with van der Waals surface area (Å²) in [6.07, 6.45) is 0. The number of carbonyl (C=O) groups is 1. The maximum absolute atomic E-state index is 13.0. The molecule has 0 unspecified atom stereocenters. The highest BCUT2D eigenvalue weighted by Gasteiger charge is 2.27. The third kappa shape index (κ3) is 4.16. The van der Waals surface area contributed by atoms with Gasteiger partial charge in [0.1, 0.15) is 11.4 Å². The van der Waals surface area contributed by atoms with Gasteiger partial charge in [0, 0.05) is 56.6 Å². The molecule has 2 fully saturated rings. The molecule has 1 amide bonds. The fourth-order valence-electron chi connectivity index (χ4n) is 3.89. The summed E-state index contributed by atoms with van der Waals surface area (Å²) in [5.41, 5.74) is 1.80. The zero-order chi connectivity index (χ0) is 21.1. The van der Waals surface area contributed by atoms with Gasteiger partial charge in [-0.15, -0.1) is 0 Å². The minimum atomic E-state index is -0.426. The van der Waals surface area contributed by atoms with Crippen LogP contribution in [0.25, 0.3) is 0 Å². The third-order valence-corrected chi connectivity index (χ3v) is 5.55. The summed E-state index contributed by atoms with van der Waals surface area (Å²) in [6.45, 7) is 4.61. The van der Waals surface area contributed by atoms with Crippen molar-refractivity contribution in [3.8, 4) is 5.75 Å². The Morgan fingerprint density at radius 3 is 2.23 bits per heavy atom. The number of carbonyl (C=O) groups excluding carboxylic acids is 1. The number of benzene rings is 2. The van der Waals surface area contributed by atoms with Crippen molar-refractivity contribution in [3.63, 3.8) is 0 Å². The van der Waals surface area contributed by atoms with Gasteiger partial charge in [-0.1, -0.05) is 0 Å². The van der Waals surface area contributed by atoms with Gasteiger partial charge in [0.2, 0.25) is 0 Å². The van der Waals surface area contributed by atoms with E-state index in [-0.39, 0.29) is 17.3 Å². The standard InChI is InChI=1S/C21H24N4O5/c26-18-4-2-17(3-5-18)22-7-9-24(10-8-22)21(27)16-1-6-19(20(15-16)25(28)29)23-11-13-30-14-12-23/h1-6,15,26H,7-14H2. The molecule has 2 saturated heterocycles. The second-order valence-electron chi connectivity index (χ2n) is 7.36. The van der Waals surface area contributed by atoms with Gasteiger partial charge < -0.3 is 24.5 Å². The number of piperazine rings is 1. The van der Waals surface area contributed by atoms with Gasteiger partial charge in [-0.2, -0.15) is 0 Å². The van der Waals surface area contributed by atoms with Crippen LogP contribution in [0.2, 0.25) is 0 Å². The first-order valence-electron chi connectivity index (χ1n) is 9.97. The SMILES string of the molecule is O=C(c1ccc(N2CCOCC2)c([N+](=O)[O-])c1)N1CCN(c2ccc(O)cc2)CC1. The lowest BCUT2D eigenvalue weighted by Gasteiger charge is -2.36. The summed E-state index contributed by atoms with van der Waals surface area (Å²) < 4.78 is 5.32. The normalized spacial score (nSPS) is 17.1. The molecule has 0 radical (unpaired) electrons. The van der Waals surface area contributed by atoms with Crippen molar-refractivity contribution in [2.45, 2.75) is 0 Å². The number of amides is 1. The molecular formula is C21H24N4O5. The fourth-order valence-corrected chi connectivity index (χ4v) is 3.89. The van der Waals surface area contributed by atoms with E-state index in [1.165, 1.54) is 6.07 Å². The van der Waals surface area contributed by atoms with E-state index < -0.39 is 4.92 Å². The van der Waals surface area contributed by atoms with E-state index in [9.17, 15) is 20.0 Å². The Morgan fingerprint density at radius 1 is 0.933 bits per heavy atom. The molecular weight excluding hydrogens is 388 g/mol. The second-order valence-corrected chi connectivity index (χ2v) is 7.36. The van der Waals surface area contributed by atoms with Crippen LogP contribution in [-0.2, 0) is 4.74 Å². The minimum absolute atomic E-state index is 0.0505. The molecule has 0 aromatic heterocycles. The number of rotatable bonds is 4. The Morgan fingerprint density at radius 2 is 1.60 bits per heavy atom. The van der Waals surface area contributed by atoms with Crippen LogP contribution in [0.5, 0.6) is 5.75 Å². The number of anilines is 2. The molecule has 0 saturated carbocycles. The van der Waals surface area contributed by atoms with Gasteiger partial charge in [0.25, 0.3) is 11.6 Å². The summed E-state index contributed by atoms with van der Waals surface area (Å²) in [4.78, 5) is 30.0. The summed E-state index contributed by atoms with van der Waals surface area (Å²) >= 11 is 0. The van der Waals surface area contributed by atoms with Crippen molar-refractivity contribution in [2.75, 3.05) is 62.3 Å². The van der Waals surface area contributed by atoms with Gasteiger partial charge in [0.15, 0.2) is 0 Å². The average Bonchev–Trinajstić information content (AvgIpc) is 2.79. The summed E-state index contributed by atoms with van der Waals surface area (Å²) in [5.74, 6) is 0.0201. The number of hydrogen-bond acceptors (Lipinski definition) is 7. The average molecular weight is 412 g/mol. The number of phenols is 1. The highest BCUT2D eigenvalue weighted by atomic mass is 16.6. The molecule has 0 spiro atoms. The number of nitrogens with zero attached hydrogens (tertiary/aromatic N) is 4. The maximum Gasteiger partial charge on any atom is 0.293 e. The zero-order valence-corrected chi connectivity index (χ0v) is 16.6. The summed E-state index contributed by atoms with van der Waals surface area (Å²) in [5, 5.41) is 21.1. The lowest BCUT2D eigenvalue weighted by molar-refractivity contribution is -0.384. The number of nitro benzene ring substituents is 1. The van der Waals surface area contributed by atoms with E-state index in [0.717, 1.165) is 5.69 Å². The Kier molecular flexibility index (Phi) is 5.71. The molecule has 0 aliphatic carbocycles. The number of aromatic hydroxyl groups is 1. The van der Waals surface area contributed by atoms with Gasteiger partial charge in [-0.3, -0.25) is 14.9 Å². The van der Waals surface area contributed by atoms with E-state index in [0.29, 0.717) is 63.7 Å². The molecule has 4 rings (SSSR count). The van der Waals surface area contributed by atoms with E-state index >= 15 is 0 Å². The number of hydrogen-bond donors (Lipinski definition) is 1. The summed E-state index contributed by atoms with van der Waals surface area (Å²) in [7, 11) is 0. The van der Waals surface area contributed by atoms with E-state index in [2.05, 4.69) is 4.90 Å². The summed E-state index contributed by atoms with van der Waals surface area (Å²) in [6, 6.07) is 11.7. The Bertz CT molecular complexity index is 919. The van der Waals surface area contributed by atoms with Crippen molar-refractivity contribution in [1.82, 2.24) is 4.90 Å². The van der Waals surface area contributed by atoms with Gasteiger partial charge >= 0.3 is 0 Å². The quantitative estimate of drug-likeness (QED) is 0.606. The topological polar surface area (TPSA) is 99.4 Å². The molecule has 158 valence electrons. The number of nitro groups is 1. The predicted octanol–water partition coefficient (Wildman–Crippen LogP) is 2.10. The van der Waals surface area contributed by atoms with E-state index in [1.807, 2.05) is 17.0 Å². The molecule has 0 bridgehead atoms. The lowest BCUT2D eigenvalue weighted by atomic mass is 10.1. The smallest absolute Gasteiger partial charge is 0.293 e. The molecule has 2 aromatic carbocycles. The largest absolute Gasteiger partial charge is 0.508 e. The van der Waals surface area contributed by atoms with Crippen LogP contribution in [0.3, 0.4) is 0 Å². The van der Waals surface area contributed by atoms with Gasteiger partial charge in [0.05, 0.1) is 18.1 Å². The van der Waals surface area contributed by atoms with Gasteiger partial charge in [-0.05, 0) is 36.4 Å². The van der Waals surface area contributed by atoms with Crippen LogP contribution in [0.1, 0.15) is 10.4 Å². The van der Waals surface area contributed by atoms with Crippen LogP contribution in [0.4, 0.5) is 17.1 Å². The Balaban J connectivity index is 1.46. The monoisotopic (exact) mass is 412 g/mol. The fraction of sp³-hybridized carbons (Fsp3) is 0.381. The van der Waals surface area contributed by atoms with Crippen LogP contribution in [-0.4, -0.2) is 73.3 Å². The van der Waals surface area contributed by atoms with Crippen molar-refractivity contribution in [3.05, 3.63) is 58.1 Å². The number of ether oxygens (including phenoxy) is 1. The molecule has 30 heavy (non-hydrogen) atoms. The van der Waals surface area contributed by atoms with Crippen molar-refractivity contribution < 1.29 is 19.6 Å². The first kappa shape index (κ1) is 20.0. The lowest BCUT2D eigenvalue weighted by Crippen LogP contribution is -2.48. The molecule has 2 aliphatic rings. The van der Waals surface area contributed by atoms with Crippen LogP contribution >= 0.6 is 0 Å². The third-order valence-electron chi connectivity index (χ3n) is 5.55. The second kappa shape index (κ2) is 8.58. The van der Waals surface area contributed by atoms with Crippen molar-refractivity contribution in [2.24, 2.45) is 0 Å². The molecule has 9 heteroatoms. The highest BCUT2D eigenvalue weighted by molar-refractivity contribution is 5.96.